The molecule has 0 spiro atoms. The van der Waals surface area contributed by atoms with Crippen LogP contribution in [0.1, 0.15) is 5.56 Å². The monoisotopic (exact) mass is 507 g/mol. The molecule has 12 heteroatoms. The van der Waals surface area contributed by atoms with Crippen LogP contribution in [0.5, 0.6) is 11.5 Å². The number of aliphatic imine (C=N–C) groups is 1. The number of thioether (sulfide) groups is 1. The molecule has 0 unspecified atom stereocenters. The van der Waals surface area contributed by atoms with E-state index in [2.05, 4.69) is 26.2 Å². The summed E-state index contributed by atoms with van der Waals surface area (Å²) in [6.45, 7) is -0.507. The van der Waals surface area contributed by atoms with Crippen molar-refractivity contribution in [2.75, 3.05) is 13.7 Å². The molecule has 1 heterocycles. The number of carbonyl (C=O) groups excluding carboxylic acids is 1. The molecule has 2 aromatic carbocycles. The van der Waals surface area contributed by atoms with Gasteiger partial charge in [0.15, 0.2) is 23.3 Å². The van der Waals surface area contributed by atoms with E-state index in [1.807, 2.05) is 0 Å². The van der Waals surface area contributed by atoms with Gasteiger partial charge in [-0.25, -0.2) is 9.79 Å². The lowest BCUT2D eigenvalue weighted by molar-refractivity contribution is -0.384. The van der Waals surface area contributed by atoms with Crippen molar-refractivity contribution in [2.45, 2.75) is 0 Å². The van der Waals surface area contributed by atoms with E-state index in [1.54, 1.807) is 24.3 Å². The Morgan fingerprint density at radius 2 is 2.10 bits per heavy atom. The average molecular weight is 508 g/mol. The van der Waals surface area contributed by atoms with Gasteiger partial charge in [0.25, 0.3) is 11.6 Å². The lowest BCUT2D eigenvalue weighted by atomic mass is 10.2. The summed E-state index contributed by atoms with van der Waals surface area (Å²) in [6.07, 6.45) is 1.62. The molecule has 2 N–H and O–H groups in total. The SMILES string of the molecule is COc1cc(/C=C2/SC(=Nc3ccc([N+](=O)[O-])cc3Br)NC2=O)ccc1OCC(=O)O. The highest BCUT2D eigenvalue weighted by molar-refractivity contribution is 9.10. The van der Waals surface area contributed by atoms with E-state index in [0.717, 1.165) is 11.8 Å². The van der Waals surface area contributed by atoms with Crippen molar-refractivity contribution in [3.63, 3.8) is 0 Å². The Morgan fingerprint density at radius 1 is 1.32 bits per heavy atom. The van der Waals surface area contributed by atoms with Crippen LogP contribution in [-0.4, -0.2) is 40.8 Å². The zero-order valence-electron chi connectivity index (χ0n) is 15.8. The van der Waals surface area contributed by atoms with Gasteiger partial charge in [0.1, 0.15) is 0 Å². The lowest BCUT2D eigenvalue weighted by Gasteiger charge is -2.09. The van der Waals surface area contributed by atoms with Crippen molar-refractivity contribution in [1.29, 1.82) is 0 Å². The van der Waals surface area contributed by atoms with Gasteiger partial charge in [-0.05, 0) is 57.5 Å². The molecule has 31 heavy (non-hydrogen) atoms. The molecule has 10 nitrogen and oxygen atoms in total. The second-order valence-corrected chi connectivity index (χ2v) is 7.85. The highest BCUT2D eigenvalue weighted by atomic mass is 79.9. The predicted molar refractivity (Wildman–Crippen MR) is 118 cm³/mol. The average Bonchev–Trinajstić information content (AvgIpc) is 3.06. The number of hydrogen-bond acceptors (Lipinski definition) is 8. The number of nitrogens with zero attached hydrogens (tertiary/aromatic N) is 2. The number of methoxy groups -OCH3 is 1. The van der Waals surface area contributed by atoms with Crippen molar-refractivity contribution in [3.05, 3.63) is 61.5 Å². The van der Waals surface area contributed by atoms with Crippen LogP contribution in [0.3, 0.4) is 0 Å². The fourth-order valence-corrected chi connectivity index (χ4v) is 3.76. The summed E-state index contributed by atoms with van der Waals surface area (Å²) in [5, 5.41) is 22.5. The van der Waals surface area contributed by atoms with Gasteiger partial charge in [0.2, 0.25) is 0 Å². The van der Waals surface area contributed by atoms with E-state index in [1.165, 1.54) is 25.3 Å². The van der Waals surface area contributed by atoms with Crippen molar-refractivity contribution in [3.8, 4) is 11.5 Å². The Labute approximate surface area is 188 Å². The number of aliphatic carboxylic acids is 1. The number of carboxylic acids is 1. The third-order valence-electron chi connectivity index (χ3n) is 3.85. The summed E-state index contributed by atoms with van der Waals surface area (Å²) in [5.74, 6) is -0.880. The zero-order chi connectivity index (χ0) is 22.5. The summed E-state index contributed by atoms with van der Waals surface area (Å²) < 4.78 is 10.8. The summed E-state index contributed by atoms with van der Waals surface area (Å²) in [7, 11) is 1.42. The number of non-ortho nitro benzene ring substituents is 1. The molecule has 0 aromatic heterocycles. The van der Waals surface area contributed by atoms with E-state index in [4.69, 9.17) is 14.6 Å². The van der Waals surface area contributed by atoms with Gasteiger partial charge in [-0.3, -0.25) is 14.9 Å². The Morgan fingerprint density at radius 3 is 2.74 bits per heavy atom. The van der Waals surface area contributed by atoms with Crippen molar-refractivity contribution >= 4 is 62.2 Å². The first-order chi connectivity index (χ1) is 14.8. The van der Waals surface area contributed by atoms with Gasteiger partial charge in [0.05, 0.1) is 27.1 Å². The largest absolute Gasteiger partial charge is 0.493 e. The van der Waals surface area contributed by atoms with Gasteiger partial charge in [-0.15, -0.1) is 0 Å². The van der Waals surface area contributed by atoms with Gasteiger partial charge in [-0.1, -0.05) is 6.07 Å². The van der Waals surface area contributed by atoms with Gasteiger partial charge < -0.3 is 19.9 Å². The maximum atomic E-state index is 12.3. The first-order valence-corrected chi connectivity index (χ1v) is 10.1. The summed E-state index contributed by atoms with van der Waals surface area (Å²) >= 11 is 4.35. The molecule has 1 fully saturated rings. The standard InChI is InChI=1S/C19H14BrN3O7S/c1-29-15-6-10(2-5-14(15)30-9-17(24)25)7-16-18(26)22-19(31-16)21-13-4-3-11(23(27)28)8-12(13)20/h2-8H,9H2,1H3,(H,24,25)(H,21,22,26)/b16-7+. The van der Waals surface area contributed by atoms with E-state index < -0.39 is 17.5 Å². The Hall–Kier alpha value is -3.38. The summed E-state index contributed by atoms with van der Waals surface area (Å²) in [4.78, 5) is 38.0. The zero-order valence-corrected chi connectivity index (χ0v) is 18.2. The first kappa shape index (κ1) is 22.3. The number of nitro groups is 1. The minimum atomic E-state index is -1.11. The van der Waals surface area contributed by atoms with Crippen LogP contribution >= 0.6 is 27.7 Å². The second-order valence-electron chi connectivity index (χ2n) is 5.97. The molecule has 0 aliphatic carbocycles. The molecule has 1 aliphatic rings. The van der Waals surface area contributed by atoms with E-state index in [-0.39, 0.29) is 17.3 Å². The number of amidine groups is 1. The molecular weight excluding hydrogens is 494 g/mol. The number of nitrogens with one attached hydrogen (secondary N) is 1. The highest BCUT2D eigenvalue weighted by Gasteiger charge is 2.24. The molecule has 160 valence electrons. The van der Waals surface area contributed by atoms with E-state index in [0.29, 0.717) is 31.5 Å². The molecule has 1 aliphatic heterocycles. The molecule has 1 amide bonds. The second kappa shape index (κ2) is 9.62. The van der Waals surface area contributed by atoms with Crippen molar-refractivity contribution < 1.29 is 29.1 Å². The van der Waals surface area contributed by atoms with Crippen LogP contribution in [0, 0.1) is 10.1 Å². The first-order valence-electron chi connectivity index (χ1n) is 8.53. The van der Waals surface area contributed by atoms with Gasteiger partial charge >= 0.3 is 5.97 Å². The molecule has 3 rings (SSSR count). The van der Waals surface area contributed by atoms with Crippen LogP contribution < -0.4 is 14.8 Å². The molecule has 0 atom stereocenters. The fraction of sp³-hybridized carbons (Fsp3) is 0.105. The number of ether oxygens (including phenoxy) is 2. The number of benzene rings is 2. The number of hydrogen-bond donors (Lipinski definition) is 2. The van der Waals surface area contributed by atoms with Crippen LogP contribution in [0.4, 0.5) is 11.4 Å². The predicted octanol–water partition coefficient (Wildman–Crippen LogP) is 3.72. The van der Waals surface area contributed by atoms with Crippen LogP contribution in [-0.2, 0) is 9.59 Å². The van der Waals surface area contributed by atoms with E-state index in [9.17, 15) is 19.7 Å². The smallest absolute Gasteiger partial charge is 0.341 e. The number of nitro benzene ring substituents is 1. The Bertz CT molecular complexity index is 1130. The summed E-state index contributed by atoms with van der Waals surface area (Å²) in [5.41, 5.74) is 0.982. The number of amides is 1. The van der Waals surface area contributed by atoms with E-state index >= 15 is 0 Å². The third kappa shape index (κ3) is 5.61. The summed E-state index contributed by atoms with van der Waals surface area (Å²) in [6, 6.07) is 8.95. The van der Waals surface area contributed by atoms with Crippen molar-refractivity contribution in [1.82, 2.24) is 5.32 Å². The fourth-order valence-electron chi connectivity index (χ4n) is 2.47. The Balaban J connectivity index is 1.80. The topological polar surface area (TPSA) is 140 Å². The molecule has 0 bridgehead atoms. The molecule has 0 radical (unpaired) electrons. The van der Waals surface area contributed by atoms with Crippen LogP contribution in [0.15, 0.2) is 50.8 Å². The Kier molecular flexibility index (Phi) is 6.92. The number of carboxylic acid groups (broad SMARTS) is 1. The van der Waals surface area contributed by atoms with Crippen LogP contribution in [0.25, 0.3) is 6.08 Å². The minimum absolute atomic E-state index is 0.0794. The minimum Gasteiger partial charge on any atom is -0.493 e. The molecular formula is C19H14BrN3O7S. The maximum absolute atomic E-state index is 12.3. The van der Waals surface area contributed by atoms with Crippen molar-refractivity contribution in [2.24, 2.45) is 4.99 Å². The maximum Gasteiger partial charge on any atom is 0.341 e. The molecule has 2 aromatic rings. The van der Waals surface area contributed by atoms with Gasteiger partial charge in [0, 0.05) is 12.1 Å². The van der Waals surface area contributed by atoms with Gasteiger partial charge in [-0.2, -0.15) is 0 Å². The molecule has 1 saturated heterocycles. The number of halogens is 1. The third-order valence-corrected chi connectivity index (χ3v) is 5.40. The molecule has 0 saturated carbocycles. The normalized spacial score (nSPS) is 15.7. The quantitative estimate of drug-likeness (QED) is 0.328. The number of carbonyl (C=O) groups is 2. The number of rotatable bonds is 7. The van der Waals surface area contributed by atoms with Crippen LogP contribution in [0.2, 0.25) is 0 Å². The lowest BCUT2D eigenvalue weighted by Crippen LogP contribution is -2.19. The highest BCUT2D eigenvalue weighted by Crippen LogP contribution is 2.34.